The summed E-state index contributed by atoms with van der Waals surface area (Å²) >= 11 is 0. The van der Waals surface area contributed by atoms with E-state index < -0.39 is 36.2 Å². The van der Waals surface area contributed by atoms with Crippen LogP contribution in [0.3, 0.4) is 0 Å². The Morgan fingerprint density at radius 1 is 0.750 bits per heavy atom. The molecule has 4 aromatic rings. The first-order valence-corrected chi connectivity index (χ1v) is 12.7. The Morgan fingerprint density at radius 3 is 1.48 bits per heavy atom. The molecule has 4 rings (SSSR count). The predicted octanol–water partition coefficient (Wildman–Crippen LogP) is 2.60. The van der Waals surface area contributed by atoms with Crippen LogP contribution in [-0.2, 0) is 33.2 Å². The minimum atomic E-state index is -0.752. The monoisotopic (exact) mass is 550 g/mol. The summed E-state index contributed by atoms with van der Waals surface area (Å²) < 4.78 is 24.9. The molecule has 0 amide bonds. The molecule has 12 heteroatoms. The highest BCUT2D eigenvalue weighted by atomic mass is 16.5. The third-order valence-electron chi connectivity index (χ3n) is 6.77. The van der Waals surface area contributed by atoms with Crippen LogP contribution in [0.4, 0.5) is 0 Å². The van der Waals surface area contributed by atoms with E-state index in [4.69, 9.17) is 30.4 Å². The van der Waals surface area contributed by atoms with Gasteiger partial charge in [-0.1, -0.05) is 0 Å². The van der Waals surface area contributed by atoms with Gasteiger partial charge in [-0.3, -0.25) is 9.36 Å². The van der Waals surface area contributed by atoms with E-state index in [1.165, 1.54) is 0 Å². The number of methoxy groups -OCH3 is 2. The molecule has 0 aliphatic heterocycles. The maximum Gasteiger partial charge on any atom is 0.331 e. The van der Waals surface area contributed by atoms with Gasteiger partial charge in [0.1, 0.15) is 23.7 Å². The zero-order valence-electron chi connectivity index (χ0n) is 23.3. The van der Waals surface area contributed by atoms with E-state index in [2.05, 4.69) is 10.2 Å². The second kappa shape index (κ2) is 11.8. The molecule has 0 bridgehead atoms. The van der Waals surface area contributed by atoms with Crippen molar-refractivity contribution in [2.75, 3.05) is 14.2 Å². The maximum atomic E-state index is 12.4. The Balaban J connectivity index is 1.37. The molecule has 0 aliphatic carbocycles. The van der Waals surface area contributed by atoms with Crippen LogP contribution >= 0.6 is 0 Å². The molecule has 0 aliphatic rings. The summed E-state index contributed by atoms with van der Waals surface area (Å²) in [4.78, 5) is 24.9. The van der Waals surface area contributed by atoms with Crippen molar-refractivity contribution >= 4 is 33.7 Å². The normalized spacial score (nSPS) is 14.7. The van der Waals surface area contributed by atoms with Gasteiger partial charge in [0.15, 0.2) is 0 Å². The number of aryl methyl sites for hydroxylation is 2. The first-order valence-electron chi connectivity index (χ1n) is 12.7. The van der Waals surface area contributed by atoms with Gasteiger partial charge >= 0.3 is 11.9 Å². The predicted molar refractivity (Wildman–Crippen MR) is 149 cm³/mol. The molecule has 0 saturated heterocycles. The fourth-order valence-electron chi connectivity index (χ4n) is 4.46. The van der Waals surface area contributed by atoms with Crippen molar-refractivity contribution in [1.29, 1.82) is 0 Å². The molecular weight excluding hydrogens is 516 g/mol. The van der Waals surface area contributed by atoms with Crippen LogP contribution in [0.25, 0.3) is 21.8 Å². The number of nitrogens with two attached hydrogens (primary N) is 2. The van der Waals surface area contributed by atoms with Crippen molar-refractivity contribution in [3.63, 3.8) is 0 Å². The summed E-state index contributed by atoms with van der Waals surface area (Å²) in [5.74, 6) is -0.190. The van der Waals surface area contributed by atoms with Crippen molar-refractivity contribution in [1.82, 2.24) is 19.6 Å². The lowest BCUT2D eigenvalue weighted by Crippen LogP contribution is -2.29. The lowest BCUT2D eigenvalue weighted by molar-refractivity contribution is -0.146. The van der Waals surface area contributed by atoms with Gasteiger partial charge in [0.05, 0.1) is 48.7 Å². The molecule has 0 radical (unpaired) electrons. The summed E-state index contributed by atoms with van der Waals surface area (Å²) in [6, 6.07) is 9.64. The minimum absolute atomic E-state index is 0.558. The highest BCUT2D eigenvalue weighted by Crippen LogP contribution is 2.30. The molecule has 212 valence electrons. The number of nitrogens with zero attached hydrogens (tertiary/aromatic N) is 4. The molecular formula is C28H34N6O6. The van der Waals surface area contributed by atoms with Gasteiger partial charge in [0.2, 0.25) is 0 Å². The van der Waals surface area contributed by atoms with Gasteiger partial charge in [-0.15, -0.1) is 0 Å². The largest absolute Gasteiger partial charge is 0.497 e. The molecule has 4 atom stereocenters. The Hall–Kier alpha value is -4.42. The van der Waals surface area contributed by atoms with E-state index in [1.807, 2.05) is 36.4 Å². The quantitative estimate of drug-likeness (QED) is 0.222. The third kappa shape index (κ3) is 5.77. The number of rotatable bonds is 10. The minimum Gasteiger partial charge on any atom is -0.497 e. The second-order valence-corrected chi connectivity index (χ2v) is 9.45. The Bertz CT molecular complexity index is 1460. The van der Waals surface area contributed by atoms with Gasteiger partial charge in [0.25, 0.3) is 0 Å². The number of fused-ring (bicyclic) bond motifs is 2. The zero-order valence-corrected chi connectivity index (χ0v) is 23.3. The molecule has 2 heterocycles. The molecule has 4 unspecified atom stereocenters. The average molecular weight is 551 g/mol. The van der Waals surface area contributed by atoms with Crippen molar-refractivity contribution in [3.8, 4) is 11.5 Å². The van der Waals surface area contributed by atoms with Crippen LogP contribution in [-0.4, -0.2) is 57.9 Å². The van der Waals surface area contributed by atoms with E-state index >= 15 is 0 Å². The molecule has 4 N–H and O–H groups in total. The number of carbonyl (C=O) groups is 2. The van der Waals surface area contributed by atoms with Crippen LogP contribution in [0.5, 0.6) is 11.5 Å². The van der Waals surface area contributed by atoms with Gasteiger partial charge in [0, 0.05) is 37.0 Å². The zero-order chi connectivity index (χ0) is 29.1. The first-order chi connectivity index (χ1) is 19.0. The van der Waals surface area contributed by atoms with E-state index in [0.717, 1.165) is 34.0 Å². The van der Waals surface area contributed by atoms with E-state index in [-0.39, 0.29) is 0 Å². The summed E-state index contributed by atoms with van der Waals surface area (Å²) in [7, 11) is 6.75. The van der Waals surface area contributed by atoms with E-state index in [1.54, 1.807) is 51.5 Å². The molecule has 2 aromatic heterocycles. The summed E-state index contributed by atoms with van der Waals surface area (Å²) in [5, 5.41) is 10.6. The standard InChI is InChI=1S/C28H34N6O6/c1-15(25(29)27-19-13-17(37-5)7-9-21(19)33(3)31-27)39-23(35)11-12-24(36)40-16(2)26(30)28-20-14-18(38-6)8-10-22(20)34(4)32-28/h7-16,25-26H,29-30H2,1-6H3/b12-11+. The number of hydrogen-bond acceptors (Lipinski definition) is 10. The number of carbonyl (C=O) groups excluding carboxylic acids is 2. The fraction of sp³-hybridized carbons (Fsp3) is 0.357. The van der Waals surface area contributed by atoms with Crippen molar-refractivity contribution in [2.45, 2.75) is 38.1 Å². The van der Waals surface area contributed by atoms with Gasteiger partial charge in [-0.2, -0.15) is 10.2 Å². The lowest BCUT2D eigenvalue weighted by atomic mass is 10.1. The maximum absolute atomic E-state index is 12.4. The molecule has 40 heavy (non-hydrogen) atoms. The van der Waals surface area contributed by atoms with Crippen LogP contribution in [0.15, 0.2) is 48.6 Å². The Labute approximate surface area is 231 Å². The summed E-state index contributed by atoms with van der Waals surface area (Å²) in [5.41, 5.74) is 15.6. The summed E-state index contributed by atoms with van der Waals surface area (Å²) in [6.07, 6.45) is 0.507. The number of esters is 2. The molecule has 12 nitrogen and oxygen atoms in total. The van der Waals surface area contributed by atoms with Crippen LogP contribution in [0, 0.1) is 0 Å². The highest BCUT2D eigenvalue weighted by Gasteiger charge is 2.26. The molecule has 2 aromatic carbocycles. The average Bonchev–Trinajstić information content (AvgIpc) is 3.46. The highest BCUT2D eigenvalue weighted by molar-refractivity contribution is 5.92. The van der Waals surface area contributed by atoms with Gasteiger partial charge < -0.3 is 30.4 Å². The smallest absolute Gasteiger partial charge is 0.331 e. The summed E-state index contributed by atoms with van der Waals surface area (Å²) in [6.45, 7) is 3.31. The van der Waals surface area contributed by atoms with Gasteiger partial charge in [-0.05, 0) is 50.2 Å². The van der Waals surface area contributed by atoms with Crippen molar-refractivity contribution in [2.24, 2.45) is 25.6 Å². The second-order valence-electron chi connectivity index (χ2n) is 9.45. The fourth-order valence-corrected chi connectivity index (χ4v) is 4.46. The van der Waals surface area contributed by atoms with Crippen LogP contribution < -0.4 is 20.9 Å². The van der Waals surface area contributed by atoms with Crippen molar-refractivity contribution < 1.29 is 28.5 Å². The van der Waals surface area contributed by atoms with E-state index in [9.17, 15) is 9.59 Å². The molecule has 0 spiro atoms. The Kier molecular flexibility index (Phi) is 8.40. The number of hydrogen-bond donors (Lipinski definition) is 2. The van der Waals surface area contributed by atoms with Crippen LogP contribution in [0.1, 0.15) is 37.3 Å². The van der Waals surface area contributed by atoms with Gasteiger partial charge in [-0.25, -0.2) is 9.59 Å². The number of ether oxygens (including phenoxy) is 4. The first kappa shape index (κ1) is 28.6. The Morgan fingerprint density at radius 2 is 1.12 bits per heavy atom. The SMILES string of the molecule is COc1ccc2c(c1)c(C(N)C(C)OC(=O)/C=C/C(=O)OC(C)C(N)c1nn(C)c3ccc(OC)cc13)nn2C. The van der Waals surface area contributed by atoms with Crippen molar-refractivity contribution in [3.05, 3.63) is 59.9 Å². The van der Waals surface area contributed by atoms with Crippen LogP contribution in [0.2, 0.25) is 0 Å². The third-order valence-corrected chi connectivity index (χ3v) is 6.77. The lowest BCUT2D eigenvalue weighted by Gasteiger charge is -2.19. The number of benzene rings is 2. The molecule has 0 fully saturated rings. The number of aromatic nitrogens is 4. The molecule has 0 saturated carbocycles. The topological polar surface area (TPSA) is 159 Å². The van der Waals surface area contributed by atoms with E-state index in [0.29, 0.717) is 22.9 Å².